The van der Waals surface area contributed by atoms with Crippen LogP contribution in [-0.2, 0) is 17.9 Å². The van der Waals surface area contributed by atoms with E-state index >= 15 is 0 Å². The van der Waals surface area contributed by atoms with Gasteiger partial charge in [-0.05, 0) is 49.7 Å². The van der Waals surface area contributed by atoms with Gasteiger partial charge in [0.25, 0.3) is 0 Å². The van der Waals surface area contributed by atoms with E-state index in [0.717, 1.165) is 64.1 Å². The molecular formula is C31H33N5O2. The summed E-state index contributed by atoms with van der Waals surface area (Å²) >= 11 is 0. The van der Waals surface area contributed by atoms with Crippen molar-refractivity contribution in [1.29, 1.82) is 0 Å². The minimum atomic E-state index is -0.323. The molecule has 38 heavy (non-hydrogen) atoms. The van der Waals surface area contributed by atoms with Crippen LogP contribution in [0.2, 0.25) is 0 Å². The molecule has 0 atom stereocenters. The highest BCUT2D eigenvalue weighted by Crippen LogP contribution is 2.34. The monoisotopic (exact) mass is 507 g/mol. The molecule has 0 amide bonds. The Hall–Kier alpha value is -3.94. The lowest BCUT2D eigenvalue weighted by Gasteiger charge is -2.29. The van der Waals surface area contributed by atoms with Gasteiger partial charge in [-0.3, -0.25) is 0 Å². The third kappa shape index (κ3) is 5.08. The van der Waals surface area contributed by atoms with Crippen molar-refractivity contribution in [2.45, 2.75) is 32.5 Å². The second-order valence-electron chi connectivity index (χ2n) is 10.6. The van der Waals surface area contributed by atoms with Crippen LogP contribution >= 0.6 is 0 Å². The topological polar surface area (TPSA) is 78.4 Å². The Labute approximate surface area is 222 Å². The van der Waals surface area contributed by atoms with Gasteiger partial charge < -0.3 is 24.7 Å². The molecule has 0 radical (unpaired) electrons. The van der Waals surface area contributed by atoms with Crippen molar-refractivity contribution in [3.8, 4) is 17.1 Å². The van der Waals surface area contributed by atoms with Crippen LogP contribution in [0.1, 0.15) is 19.4 Å². The van der Waals surface area contributed by atoms with Gasteiger partial charge in [-0.2, -0.15) is 0 Å². The van der Waals surface area contributed by atoms with E-state index in [-0.39, 0.29) is 5.54 Å². The van der Waals surface area contributed by atoms with Crippen molar-refractivity contribution in [3.05, 3.63) is 84.6 Å². The summed E-state index contributed by atoms with van der Waals surface area (Å²) in [6.07, 6.45) is 2.10. The van der Waals surface area contributed by atoms with Crippen molar-refractivity contribution < 1.29 is 9.47 Å². The minimum Gasteiger partial charge on any atom is -0.489 e. The predicted molar refractivity (Wildman–Crippen MR) is 153 cm³/mol. The lowest BCUT2D eigenvalue weighted by molar-refractivity contribution is 0.122. The molecule has 1 aliphatic rings. The first-order valence-electron chi connectivity index (χ1n) is 13.1. The van der Waals surface area contributed by atoms with E-state index < -0.39 is 0 Å². The molecule has 0 aliphatic carbocycles. The maximum atomic E-state index is 6.35. The summed E-state index contributed by atoms with van der Waals surface area (Å²) in [5.41, 5.74) is 10.1. The Morgan fingerprint density at radius 2 is 1.74 bits per heavy atom. The Morgan fingerprint density at radius 1 is 0.921 bits per heavy atom. The van der Waals surface area contributed by atoms with Crippen LogP contribution in [0.3, 0.4) is 0 Å². The van der Waals surface area contributed by atoms with E-state index in [1.54, 1.807) is 0 Å². The molecule has 1 saturated heterocycles. The molecule has 0 unspecified atom stereocenters. The number of nitrogens with two attached hydrogens (primary N) is 1. The Kier molecular flexibility index (Phi) is 6.47. The van der Waals surface area contributed by atoms with Crippen LogP contribution in [-0.4, -0.2) is 46.4 Å². The summed E-state index contributed by atoms with van der Waals surface area (Å²) in [4.78, 5) is 12.5. The molecule has 2 aromatic heterocycles. The molecule has 5 aromatic rings. The van der Waals surface area contributed by atoms with Gasteiger partial charge in [0.05, 0.1) is 24.2 Å². The van der Waals surface area contributed by atoms with Gasteiger partial charge in [-0.25, -0.2) is 9.97 Å². The van der Waals surface area contributed by atoms with Crippen molar-refractivity contribution in [2.75, 3.05) is 31.2 Å². The van der Waals surface area contributed by atoms with E-state index in [4.69, 9.17) is 25.2 Å². The third-order valence-corrected chi connectivity index (χ3v) is 6.82. The highest BCUT2D eigenvalue weighted by atomic mass is 16.5. The first-order valence-corrected chi connectivity index (χ1v) is 13.1. The number of anilines is 1. The lowest BCUT2D eigenvalue weighted by atomic mass is 10.1. The van der Waals surface area contributed by atoms with Crippen molar-refractivity contribution in [3.63, 3.8) is 0 Å². The van der Waals surface area contributed by atoms with E-state index in [9.17, 15) is 0 Å². The zero-order valence-electron chi connectivity index (χ0n) is 21.9. The van der Waals surface area contributed by atoms with Gasteiger partial charge in [0.15, 0.2) is 5.82 Å². The van der Waals surface area contributed by atoms with Gasteiger partial charge in [0, 0.05) is 47.7 Å². The summed E-state index contributed by atoms with van der Waals surface area (Å²) in [6.45, 7) is 8.29. The predicted octanol–water partition coefficient (Wildman–Crippen LogP) is 5.40. The van der Waals surface area contributed by atoms with Crippen molar-refractivity contribution in [2.24, 2.45) is 5.73 Å². The molecule has 7 heteroatoms. The van der Waals surface area contributed by atoms with Gasteiger partial charge in [0.2, 0.25) is 0 Å². The summed E-state index contributed by atoms with van der Waals surface area (Å²) in [5.74, 6) is 2.42. The molecule has 0 bridgehead atoms. The van der Waals surface area contributed by atoms with Gasteiger partial charge in [0.1, 0.15) is 18.2 Å². The van der Waals surface area contributed by atoms with Crippen LogP contribution < -0.4 is 15.4 Å². The van der Waals surface area contributed by atoms with E-state index in [2.05, 4.69) is 46.0 Å². The fourth-order valence-electron chi connectivity index (χ4n) is 5.04. The lowest BCUT2D eigenvalue weighted by Crippen LogP contribution is -2.37. The zero-order valence-corrected chi connectivity index (χ0v) is 21.9. The maximum absolute atomic E-state index is 6.35. The van der Waals surface area contributed by atoms with Crippen molar-refractivity contribution >= 4 is 27.6 Å². The summed E-state index contributed by atoms with van der Waals surface area (Å²) in [6, 6.07) is 24.7. The fraction of sp³-hybridized carbons (Fsp3) is 0.290. The number of rotatable bonds is 7. The number of ether oxygens (including phenoxy) is 2. The van der Waals surface area contributed by atoms with E-state index in [0.29, 0.717) is 25.6 Å². The molecule has 7 nitrogen and oxygen atoms in total. The number of nitrogens with zero attached hydrogens (tertiary/aromatic N) is 4. The van der Waals surface area contributed by atoms with Crippen LogP contribution in [0.25, 0.3) is 33.2 Å². The maximum Gasteiger partial charge on any atom is 0.162 e. The standard InChI is InChI=1S/C31H33N5O2/c1-31(2,32)21-36-14-13-25-27(36)12-11-26-28(25)33-29(34-30(26)35-15-17-37-18-16-35)23-9-6-10-24(19-23)38-20-22-7-4-3-5-8-22/h3-14,19H,15-18,20-21,32H2,1-2H3. The Morgan fingerprint density at radius 3 is 2.53 bits per heavy atom. The number of hydrogen-bond acceptors (Lipinski definition) is 6. The molecule has 194 valence electrons. The molecule has 1 aliphatic heterocycles. The Bertz CT molecular complexity index is 1570. The number of aromatic nitrogens is 3. The highest BCUT2D eigenvalue weighted by molar-refractivity contribution is 6.08. The molecular weight excluding hydrogens is 474 g/mol. The minimum absolute atomic E-state index is 0.323. The molecule has 2 N–H and O–H groups in total. The van der Waals surface area contributed by atoms with Gasteiger partial charge >= 0.3 is 0 Å². The SMILES string of the molecule is CC(C)(N)Cn1ccc2c3nc(-c4cccc(OCc5ccccc5)c4)nc(N4CCOCC4)c3ccc21. The van der Waals surface area contributed by atoms with Gasteiger partial charge in [-0.15, -0.1) is 0 Å². The average Bonchev–Trinajstić information content (AvgIpc) is 3.34. The number of hydrogen-bond donors (Lipinski definition) is 1. The Balaban J connectivity index is 1.44. The zero-order chi connectivity index (χ0) is 26.1. The number of fused-ring (bicyclic) bond motifs is 3. The van der Waals surface area contributed by atoms with E-state index in [1.807, 2.05) is 56.3 Å². The summed E-state index contributed by atoms with van der Waals surface area (Å²) in [7, 11) is 0. The molecule has 3 heterocycles. The van der Waals surface area contributed by atoms with Gasteiger partial charge in [-0.1, -0.05) is 42.5 Å². The third-order valence-electron chi connectivity index (χ3n) is 6.82. The smallest absolute Gasteiger partial charge is 0.162 e. The van der Waals surface area contributed by atoms with Crippen LogP contribution in [0.4, 0.5) is 5.82 Å². The quantitative estimate of drug-likeness (QED) is 0.318. The molecule has 6 rings (SSSR count). The number of benzene rings is 3. The van der Waals surface area contributed by atoms with Crippen LogP contribution in [0.15, 0.2) is 79.0 Å². The molecule has 1 fully saturated rings. The average molecular weight is 508 g/mol. The molecule has 3 aromatic carbocycles. The van der Waals surface area contributed by atoms with Crippen molar-refractivity contribution in [1.82, 2.24) is 14.5 Å². The largest absolute Gasteiger partial charge is 0.489 e. The second kappa shape index (κ2) is 10.1. The van der Waals surface area contributed by atoms with Crippen LogP contribution in [0, 0.1) is 0 Å². The molecule has 0 spiro atoms. The normalized spacial score (nSPS) is 14.3. The summed E-state index contributed by atoms with van der Waals surface area (Å²) in [5, 5.41) is 2.14. The second-order valence-corrected chi connectivity index (χ2v) is 10.6. The highest BCUT2D eigenvalue weighted by Gasteiger charge is 2.21. The first-order chi connectivity index (χ1) is 18.4. The first kappa shape index (κ1) is 24.4. The fourth-order valence-corrected chi connectivity index (χ4v) is 5.04. The van der Waals surface area contributed by atoms with E-state index in [1.165, 1.54) is 0 Å². The number of morpholine rings is 1. The molecule has 0 saturated carbocycles. The van der Waals surface area contributed by atoms with Crippen LogP contribution in [0.5, 0.6) is 5.75 Å². The summed E-state index contributed by atoms with van der Waals surface area (Å²) < 4.78 is 14.0.